The fourth-order valence-corrected chi connectivity index (χ4v) is 2.14. The predicted molar refractivity (Wildman–Crippen MR) is 67.4 cm³/mol. The van der Waals surface area contributed by atoms with Gasteiger partial charge in [-0.05, 0) is 44.8 Å². The molecule has 16 heavy (non-hydrogen) atoms. The van der Waals surface area contributed by atoms with E-state index in [1.54, 1.807) is 0 Å². The molecule has 0 amide bonds. The molecule has 0 aromatic carbocycles. The normalized spacial score (nSPS) is 21.3. The number of carbonyl (C=O) groups is 1. The number of nitrogens with one attached hydrogen (secondary N) is 2. The van der Waals surface area contributed by atoms with Gasteiger partial charge in [0.15, 0.2) is 0 Å². The fourth-order valence-electron chi connectivity index (χ4n) is 2.14. The fraction of sp³-hybridized carbons (Fsp3) is 0.769. The van der Waals surface area contributed by atoms with Crippen molar-refractivity contribution in [3.8, 4) is 0 Å². The van der Waals surface area contributed by atoms with Crippen molar-refractivity contribution in [2.24, 2.45) is 11.8 Å². The van der Waals surface area contributed by atoms with Crippen LogP contribution in [0.1, 0.15) is 26.2 Å². The minimum Gasteiger partial charge on any atom is -0.317 e. The van der Waals surface area contributed by atoms with Crippen molar-refractivity contribution in [1.29, 1.82) is 0 Å². The van der Waals surface area contributed by atoms with Crippen LogP contribution in [0.5, 0.6) is 0 Å². The zero-order valence-electron chi connectivity index (χ0n) is 10.2. The smallest absolute Gasteiger partial charge is 0.123 e. The zero-order chi connectivity index (χ0) is 11.8. The topological polar surface area (TPSA) is 41.1 Å². The van der Waals surface area contributed by atoms with Crippen molar-refractivity contribution in [2.75, 3.05) is 19.6 Å². The molecule has 0 bridgehead atoms. The number of aldehydes is 1. The summed E-state index contributed by atoms with van der Waals surface area (Å²) in [5.41, 5.74) is 0. The molecule has 1 unspecified atom stereocenters. The first-order chi connectivity index (χ1) is 7.77. The summed E-state index contributed by atoms with van der Waals surface area (Å²) in [5.74, 6) is 0.511. The van der Waals surface area contributed by atoms with Gasteiger partial charge in [-0.15, -0.1) is 6.58 Å². The minimum absolute atomic E-state index is 0.117. The Hall–Kier alpha value is -0.670. The third-order valence-electron chi connectivity index (χ3n) is 3.41. The number of carbonyl (C=O) groups excluding carboxylic acids is 1. The summed E-state index contributed by atoms with van der Waals surface area (Å²) in [6.45, 7) is 8.98. The van der Waals surface area contributed by atoms with Crippen molar-refractivity contribution in [3.05, 3.63) is 12.7 Å². The molecule has 3 heteroatoms. The predicted octanol–water partition coefficient (Wildman–Crippen LogP) is 1.36. The largest absolute Gasteiger partial charge is 0.317 e. The Morgan fingerprint density at radius 3 is 2.75 bits per heavy atom. The molecule has 92 valence electrons. The maximum absolute atomic E-state index is 10.9. The molecule has 3 nitrogen and oxygen atoms in total. The van der Waals surface area contributed by atoms with Gasteiger partial charge in [0.05, 0.1) is 0 Å². The lowest BCUT2D eigenvalue weighted by Gasteiger charge is -2.26. The van der Waals surface area contributed by atoms with Crippen LogP contribution >= 0.6 is 0 Å². The van der Waals surface area contributed by atoms with Gasteiger partial charge >= 0.3 is 0 Å². The summed E-state index contributed by atoms with van der Waals surface area (Å²) >= 11 is 0. The maximum Gasteiger partial charge on any atom is 0.123 e. The second-order valence-corrected chi connectivity index (χ2v) is 4.73. The van der Waals surface area contributed by atoms with Crippen molar-refractivity contribution >= 4 is 6.29 Å². The molecular formula is C13H24N2O. The monoisotopic (exact) mass is 224 g/mol. The summed E-state index contributed by atoms with van der Waals surface area (Å²) < 4.78 is 0. The molecule has 1 aliphatic heterocycles. The van der Waals surface area contributed by atoms with Gasteiger partial charge in [0.1, 0.15) is 6.29 Å². The highest BCUT2D eigenvalue weighted by Crippen LogP contribution is 2.13. The van der Waals surface area contributed by atoms with Crippen LogP contribution in [-0.2, 0) is 4.79 Å². The van der Waals surface area contributed by atoms with Gasteiger partial charge in [0.2, 0.25) is 0 Å². The van der Waals surface area contributed by atoms with Crippen LogP contribution in [0.4, 0.5) is 0 Å². The lowest BCUT2D eigenvalue weighted by atomic mass is 9.92. The van der Waals surface area contributed by atoms with Gasteiger partial charge in [0.25, 0.3) is 0 Å². The lowest BCUT2D eigenvalue weighted by molar-refractivity contribution is -0.112. The molecule has 0 aromatic heterocycles. The molecule has 0 aliphatic carbocycles. The summed E-state index contributed by atoms with van der Waals surface area (Å²) in [7, 11) is 0. The van der Waals surface area contributed by atoms with Crippen molar-refractivity contribution in [2.45, 2.75) is 32.2 Å². The first-order valence-electron chi connectivity index (χ1n) is 6.28. The molecule has 1 fully saturated rings. The average Bonchev–Trinajstić information content (AvgIpc) is 2.34. The number of rotatable bonds is 7. The summed E-state index contributed by atoms with van der Waals surface area (Å²) in [4.78, 5) is 10.9. The van der Waals surface area contributed by atoms with E-state index >= 15 is 0 Å². The van der Waals surface area contributed by atoms with E-state index in [0.717, 1.165) is 32.3 Å². The van der Waals surface area contributed by atoms with Crippen LogP contribution in [0.25, 0.3) is 0 Å². The maximum atomic E-state index is 10.9. The summed E-state index contributed by atoms with van der Waals surface area (Å²) in [5, 5.41) is 6.91. The molecule has 0 aromatic rings. The van der Waals surface area contributed by atoms with Gasteiger partial charge in [-0.25, -0.2) is 0 Å². The average molecular weight is 224 g/mol. The van der Waals surface area contributed by atoms with E-state index in [4.69, 9.17) is 0 Å². The summed E-state index contributed by atoms with van der Waals surface area (Å²) in [6, 6.07) is 0.625. The quantitative estimate of drug-likeness (QED) is 0.507. The Morgan fingerprint density at radius 2 is 2.19 bits per heavy atom. The Kier molecular flexibility index (Phi) is 6.34. The third kappa shape index (κ3) is 4.45. The number of hydrogen-bond donors (Lipinski definition) is 2. The van der Waals surface area contributed by atoms with Crippen molar-refractivity contribution in [3.63, 3.8) is 0 Å². The highest BCUT2D eigenvalue weighted by molar-refractivity contribution is 5.54. The van der Waals surface area contributed by atoms with Gasteiger partial charge in [-0.3, -0.25) is 0 Å². The second kappa shape index (κ2) is 7.58. The number of allylic oxidation sites excluding steroid dienone is 1. The number of hydrogen-bond acceptors (Lipinski definition) is 3. The number of piperidine rings is 1. The van der Waals surface area contributed by atoms with Crippen molar-refractivity contribution < 1.29 is 4.79 Å². The van der Waals surface area contributed by atoms with E-state index in [-0.39, 0.29) is 5.92 Å². The van der Waals surface area contributed by atoms with Crippen LogP contribution in [-0.4, -0.2) is 32.0 Å². The Bertz CT molecular complexity index is 212. The Balaban J connectivity index is 2.23. The standard InChI is InChI=1S/C13H24N2O/c1-3-4-12(10-16)11(2)9-15-13-5-7-14-8-6-13/h3,10-15H,1,4-9H2,2H3/t11-,12?/m1/s1. The van der Waals surface area contributed by atoms with Crippen molar-refractivity contribution in [1.82, 2.24) is 10.6 Å². The SMILES string of the molecule is C=CCC(C=O)[C@H](C)CNC1CCNCC1. The molecule has 1 saturated heterocycles. The molecular weight excluding hydrogens is 200 g/mol. The van der Waals surface area contributed by atoms with E-state index in [2.05, 4.69) is 24.1 Å². The van der Waals surface area contributed by atoms with Crippen LogP contribution < -0.4 is 10.6 Å². The molecule has 1 heterocycles. The highest BCUT2D eigenvalue weighted by atomic mass is 16.1. The molecule has 0 saturated carbocycles. The van der Waals surface area contributed by atoms with Crippen LogP contribution in [0.15, 0.2) is 12.7 Å². The first kappa shape index (κ1) is 13.4. The van der Waals surface area contributed by atoms with E-state index in [0.29, 0.717) is 12.0 Å². The van der Waals surface area contributed by atoms with Crippen LogP contribution in [0.3, 0.4) is 0 Å². The molecule has 2 atom stereocenters. The molecule has 1 aliphatic rings. The molecule has 0 spiro atoms. The van der Waals surface area contributed by atoms with E-state index in [1.165, 1.54) is 12.8 Å². The van der Waals surface area contributed by atoms with Gasteiger partial charge in [-0.2, -0.15) is 0 Å². The van der Waals surface area contributed by atoms with Gasteiger partial charge in [-0.1, -0.05) is 13.0 Å². The van der Waals surface area contributed by atoms with Gasteiger partial charge < -0.3 is 15.4 Å². The molecule has 0 radical (unpaired) electrons. The first-order valence-corrected chi connectivity index (χ1v) is 6.28. The van der Waals surface area contributed by atoms with Gasteiger partial charge in [0, 0.05) is 12.0 Å². The van der Waals surface area contributed by atoms with E-state index < -0.39 is 0 Å². The highest BCUT2D eigenvalue weighted by Gasteiger charge is 2.18. The van der Waals surface area contributed by atoms with E-state index in [1.807, 2.05) is 6.08 Å². The van der Waals surface area contributed by atoms with Crippen LogP contribution in [0.2, 0.25) is 0 Å². The third-order valence-corrected chi connectivity index (χ3v) is 3.41. The Labute approximate surface area is 98.7 Å². The zero-order valence-corrected chi connectivity index (χ0v) is 10.2. The summed E-state index contributed by atoms with van der Waals surface area (Å²) in [6.07, 6.45) is 6.08. The molecule has 2 N–H and O–H groups in total. The molecule has 1 rings (SSSR count). The Morgan fingerprint density at radius 1 is 1.50 bits per heavy atom. The minimum atomic E-state index is 0.117. The second-order valence-electron chi connectivity index (χ2n) is 4.73. The van der Waals surface area contributed by atoms with E-state index in [9.17, 15) is 4.79 Å². The van der Waals surface area contributed by atoms with Crippen LogP contribution in [0, 0.1) is 11.8 Å². The lowest BCUT2D eigenvalue weighted by Crippen LogP contribution is -2.42.